The molecule has 0 saturated carbocycles. The first-order chi connectivity index (χ1) is 8.24. The molecule has 0 saturated heterocycles. The molecule has 0 aliphatic rings. The highest BCUT2D eigenvalue weighted by Gasteiger charge is 2.10. The SMILES string of the molecule is Cc1cnccc1N(C)c1ccccc1C#N. The number of hydrogen-bond donors (Lipinski definition) is 0. The molecule has 0 unspecified atom stereocenters. The fraction of sp³-hybridized carbons (Fsp3) is 0.143. The van der Waals surface area contributed by atoms with E-state index in [-0.39, 0.29) is 0 Å². The average Bonchev–Trinajstić information content (AvgIpc) is 2.38. The van der Waals surface area contributed by atoms with E-state index in [4.69, 9.17) is 5.26 Å². The molecular weight excluding hydrogens is 210 g/mol. The summed E-state index contributed by atoms with van der Waals surface area (Å²) in [5.74, 6) is 0. The predicted molar refractivity (Wildman–Crippen MR) is 68.2 cm³/mol. The summed E-state index contributed by atoms with van der Waals surface area (Å²) < 4.78 is 0. The average molecular weight is 223 g/mol. The van der Waals surface area contributed by atoms with Crippen LogP contribution in [0.1, 0.15) is 11.1 Å². The van der Waals surface area contributed by atoms with Gasteiger partial charge < -0.3 is 4.90 Å². The standard InChI is InChI=1S/C14H13N3/c1-11-10-16-8-7-13(11)17(2)14-6-4-3-5-12(14)9-15/h3-8,10H,1-2H3. The molecule has 1 heterocycles. The smallest absolute Gasteiger partial charge is 0.101 e. The van der Waals surface area contributed by atoms with E-state index in [1.54, 1.807) is 6.20 Å². The maximum atomic E-state index is 9.09. The molecule has 1 aromatic heterocycles. The lowest BCUT2D eigenvalue weighted by Crippen LogP contribution is -2.12. The van der Waals surface area contributed by atoms with Gasteiger partial charge in [0.1, 0.15) is 6.07 Å². The van der Waals surface area contributed by atoms with E-state index in [0.29, 0.717) is 5.56 Å². The van der Waals surface area contributed by atoms with Gasteiger partial charge in [-0.25, -0.2) is 0 Å². The lowest BCUT2D eigenvalue weighted by Gasteiger charge is -2.22. The topological polar surface area (TPSA) is 39.9 Å². The van der Waals surface area contributed by atoms with Crippen molar-refractivity contribution in [3.05, 3.63) is 53.9 Å². The van der Waals surface area contributed by atoms with Crippen molar-refractivity contribution in [2.24, 2.45) is 0 Å². The molecule has 2 rings (SSSR count). The zero-order valence-corrected chi connectivity index (χ0v) is 9.88. The van der Waals surface area contributed by atoms with Gasteiger partial charge >= 0.3 is 0 Å². The third-order valence-corrected chi connectivity index (χ3v) is 2.74. The third-order valence-electron chi connectivity index (χ3n) is 2.74. The molecule has 0 aliphatic carbocycles. The molecule has 2 aromatic rings. The molecule has 0 radical (unpaired) electrons. The van der Waals surface area contributed by atoms with Crippen molar-refractivity contribution in [3.8, 4) is 6.07 Å². The summed E-state index contributed by atoms with van der Waals surface area (Å²) in [5.41, 5.74) is 3.72. The number of rotatable bonds is 2. The van der Waals surface area contributed by atoms with E-state index < -0.39 is 0 Å². The van der Waals surface area contributed by atoms with Crippen LogP contribution in [0.4, 0.5) is 11.4 Å². The van der Waals surface area contributed by atoms with Crippen LogP contribution in [0, 0.1) is 18.3 Å². The minimum atomic E-state index is 0.672. The largest absolute Gasteiger partial charge is 0.343 e. The van der Waals surface area contributed by atoms with Crippen molar-refractivity contribution in [2.45, 2.75) is 6.92 Å². The molecule has 0 fully saturated rings. The Kier molecular flexibility index (Phi) is 3.06. The first kappa shape index (κ1) is 11.2. The first-order valence-electron chi connectivity index (χ1n) is 5.37. The Bertz CT molecular complexity index is 570. The summed E-state index contributed by atoms with van der Waals surface area (Å²) in [6.07, 6.45) is 3.58. The molecule has 1 aromatic carbocycles. The minimum absolute atomic E-state index is 0.672. The summed E-state index contributed by atoms with van der Waals surface area (Å²) in [5, 5.41) is 9.09. The lowest BCUT2D eigenvalue weighted by atomic mass is 10.1. The van der Waals surface area contributed by atoms with Gasteiger partial charge in [-0.1, -0.05) is 12.1 Å². The molecule has 84 valence electrons. The second-order valence-corrected chi connectivity index (χ2v) is 3.85. The number of pyridine rings is 1. The van der Waals surface area contributed by atoms with E-state index in [2.05, 4.69) is 11.1 Å². The monoisotopic (exact) mass is 223 g/mol. The number of nitriles is 1. The van der Waals surface area contributed by atoms with E-state index in [1.807, 2.05) is 55.4 Å². The Hall–Kier alpha value is -2.34. The van der Waals surface area contributed by atoms with Crippen LogP contribution in [0.15, 0.2) is 42.7 Å². The van der Waals surface area contributed by atoms with Gasteiger partial charge in [-0.05, 0) is 30.7 Å². The molecule has 3 nitrogen and oxygen atoms in total. The van der Waals surface area contributed by atoms with Crippen molar-refractivity contribution in [3.63, 3.8) is 0 Å². The summed E-state index contributed by atoms with van der Waals surface area (Å²) >= 11 is 0. The number of nitrogens with zero attached hydrogens (tertiary/aromatic N) is 3. The van der Waals surface area contributed by atoms with Crippen molar-refractivity contribution in [2.75, 3.05) is 11.9 Å². The summed E-state index contributed by atoms with van der Waals surface area (Å²) in [6, 6.07) is 11.7. The van der Waals surface area contributed by atoms with Crippen molar-refractivity contribution in [1.29, 1.82) is 5.26 Å². The fourth-order valence-electron chi connectivity index (χ4n) is 1.83. The fourth-order valence-corrected chi connectivity index (χ4v) is 1.83. The van der Waals surface area contributed by atoms with Crippen LogP contribution in [-0.4, -0.2) is 12.0 Å². The summed E-state index contributed by atoms with van der Waals surface area (Å²) in [6.45, 7) is 2.01. The maximum Gasteiger partial charge on any atom is 0.101 e. The van der Waals surface area contributed by atoms with Crippen molar-refractivity contribution < 1.29 is 0 Å². The van der Waals surface area contributed by atoms with Gasteiger partial charge in [0.05, 0.1) is 11.3 Å². The Balaban J connectivity index is 2.48. The molecule has 0 atom stereocenters. The lowest BCUT2D eigenvalue weighted by molar-refractivity contribution is 1.15. The van der Waals surface area contributed by atoms with Gasteiger partial charge in [0.15, 0.2) is 0 Å². The second kappa shape index (κ2) is 4.67. The molecule has 0 spiro atoms. The molecular formula is C14H13N3. The number of anilines is 2. The number of benzene rings is 1. The maximum absolute atomic E-state index is 9.09. The zero-order valence-electron chi connectivity index (χ0n) is 9.88. The van der Waals surface area contributed by atoms with Gasteiger partial charge in [-0.3, -0.25) is 4.98 Å². The van der Waals surface area contributed by atoms with Crippen LogP contribution in [-0.2, 0) is 0 Å². The summed E-state index contributed by atoms with van der Waals surface area (Å²) in [7, 11) is 1.96. The second-order valence-electron chi connectivity index (χ2n) is 3.85. The third kappa shape index (κ3) is 2.11. The van der Waals surface area contributed by atoms with Crippen LogP contribution in [0.3, 0.4) is 0 Å². The zero-order chi connectivity index (χ0) is 12.3. The molecule has 3 heteroatoms. The minimum Gasteiger partial charge on any atom is -0.343 e. The first-order valence-corrected chi connectivity index (χ1v) is 5.37. The van der Waals surface area contributed by atoms with Crippen LogP contribution < -0.4 is 4.90 Å². The molecule has 0 N–H and O–H groups in total. The van der Waals surface area contributed by atoms with Gasteiger partial charge in [0.2, 0.25) is 0 Å². The van der Waals surface area contributed by atoms with E-state index in [0.717, 1.165) is 16.9 Å². The highest BCUT2D eigenvalue weighted by atomic mass is 15.1. The van der Waals surface area contributed by atoms with Crippen LogP contribution in [0.5, 0.6) is 0 Å². The quantitative estimate of drug-likeness (QED) is 0.785. The molecule has 0 bridgehead atoms. The normalized spacial score (nSPS) is 9.71. The summed E-state index contributed by atoms with van der Waals surface area (Å²) in [4.78, 5) is 6.08. The van der Waals surface area contributed by atoms with Crippen LogP contribution in [0.2, 0.25) is 0 Å². The number of para-hydroxylation sites is 1. The van der Waals surface area contributed by atoms with Crippen molar-refractivity contribution in [1.82, 2.24) is 4.98 Å². The van der Waals surface area contributed by atoms with Crippen LogP contribution in [0.25, 0.3) is 0 Å². The highest BCUT2D eigenvalue weighted by Crippen LogP contribution is 2.28. The van der Waals surface area contributed by atoms with E-state index >= 15 is 0 Å². The van der Waals surface area contributed by atoms with Crippen LogP contribution >= 0.6 is 0 Å². The number of hydrogen-bond acceptors (Lipinski definition) is 3. The van der Waals surface area contributed by atoms with E-state index in [1.165, 1.54) is 0 Å². The molecule has 0 amide bonds. The van der Waals surface area contributed by atoms with Crippen molar-refractivity contribution >= 4 is 11.4 Å². The predicted octanol–water partition coefficient (Wildman–Crippen LogP) is 3.03. The highest BCUT2D eigenvalue weighted by molar-refractivity contribution is 5.70. The Morgan fingerprint density at radius 3 is 2.65 bits per heavy atom. The number of aryl methyl sites for hydroxylation is 1. The Morgan fingerprint density at radius 2 is 1.94 bits per heavy atom. The molecule has 17 heavy (non-hydrogen) atoms. The molecule has 0 aliphatic heterocycles. The van der Waals surface area contributed by atoms with Gasteiger partial charge in [0.25, 0.3) is 0 Å². The van der Waals surface area contributed by atoms with Gasteiger partial charge in [-0.2, -0.15) is 5.26 Å². The van der Waals surface area contributed by atoms with Gasteiger partial charge in [0, 0.05) is 25.1 Å². The van der Waals surface area contributed by atoms with E-state index in [9.17, 15) is 0 Å². The number of aromatic nitrogens is 1. The van der Waals surface area contributed by atoms with Gasteiger partial charge in [-0.15, -0.1) is 0 Å². The Morgan fingerprint density at radius 1 is 1.18 bits per heavy atom. The Labute approximate surface area is 101 Å².